The van der Waals surface area contributed by atoms with Crippen molar-refractivity contribution in [1.29, 1.82) is 0 Å². The minimum Gasteiger partial charge on any atom is -0.484 e. The number of amides is 1. The van der Waals surface area contributed by atoms with E-state index in [4.69, 9.17) is 13.7 Å². The van der Waals surface area contributed by atoms with Gasteiger partial charge in [0.2, 0.25) is 5.76 Å². The molecule has 0 bridgehead atoms. The molecule has 1 amide bonds. The van der Waals surface area contributed by atoms with Crippen molar-refractivity contribution in [2.45, 2.75) is 6.54 Å². The third-order valence-corrected chi connectivity index (χ3v) is 2.97. The van der Waals surface area contributed by atoms with Gasteiger partial charge >= 0.3 is 0 Å². The van der Waals surface area contributed by atoms with Gasteiger partial charge in [-0.05, 0) is 36.4 Å². The topological polar surface area (TPSA) is 77.5 Å². The van der Waals surface area contributed by atoms with Crippen LogP contribution in [-0.2, 0) is 11.3 Å². The zero-order chi connectivity index (χ0) is 16.1. The molecule has 3 rings (SSSR count). The standard InChI is InChI=1S/C16H13FN2O4/c17-11-3-5-13(6-4-11)22-10-16(20)18-9-12-8-15(23-19-12)14-2-1-7-21-14/h1-8H,9-10H2,(H,18,20). The number of carbonyl (C=O) groups excluding carboxylic acids is 1. The number of nitrogens with one attached hydrogen (secondary N) is 1. The fourth-order valence-corrected chi connectivity index (χ4v) is 1.85. The first kappa shape index (κ1) is 14.8. The van der Waals surface area contributed by atoms with E-state index in [0.29, 0.717) is 23.0 Å². The lowest BCUT2D eigenvalue weighted by Crippen LogP contribution is -2.28. The Morgan fingerprint density at radius 1 is 1.22 bits per heavy atom. The zero-order valence-corrected chi connectivity index (χ0v) is 12.0. The second kappa shape index (κ2) is 6.78. The molecule has 0 aliphatic carbocycles. The highest BCUT2D eigenvalue weighted by molar-refractivity contribution is 5.77. The van der Waals surface area contributed by atoms with Crippen LogP contribution in [-0.4, -0.2) is 17.7 Å². The van der Waals surface area contributed by atoms with Crippen molar-refractivity contribution in [2.24, 2.45) is 0 Å². The molecule has 6 nitrogen and oxygen atoms in total. The molecule has 1 N–H and O–H groups in total. The van der Waals surface area contributed by atoms with Crippen molar-refractivity contribution in [2.75, 3.05) is 6.61 Å². The molecule has 0 radical (unpaired) electrons. The molecule has 3 aromatic rings. The van der Waals surface area contributed by atoms with Crippen molar-refractivity contribution in [3.8, 4) is 17.3 Å². The predicted molar refractivity (Wildman–Crippen MR) is 77.9 cm³/mol. The lowest BCUT2D eigenvalue weighted by Gasteiger charge is -2.06. The molecule has 23 heavy (non-hydrogen) atoms. The molecule has 0 aliphatic heterocycles. The number of carbonyl (C=O) groups is 1. The third-order valence-electron chi connectivity index (χ3n) is 2.97. The average molecular weight is 316 g/mol. The molecule has 0 saturated heterocycles. The van der Waals surface area contributed by atoms with Crippen LogP contribution in [0.15, 0.2) is 57.7 Å². The summed E-state index contributed by atoms with van der Waals surface area (Å²) in [4.78, 5) is 11.7. The highest BCUT2D eigenvalue weighted by atomic mass is 19.1. The second-order valence-electron chi connectivity index (χ2n) is 4.68. The van der Waals surface area contributed by atoms with E-state index < -0.39 is 0 Å². The van der Waals surface area contributed by atoms with E-state index in [2.05, 4.69) is 10.5 Å². The summed E-state index contributed by atoms with van der Waals surface area (Å²) in [6.07, 6.45) is 1.53. The number of ether oxygens (including phenoxy) is 1. The van der Waals surface area contributed by atoms with Crippen LogP contribution in [0.5, 0.6) is 5.75 Å². The minimum absolute atomic E-state index is 0.172. The Balaban J connectivity index is 1.46. The molecule has 0 aliphatic rings. The number of furan rings is 1. The number of halogens is 1. The van der Waals surface area contributed by atoms with E-state index in [1.54, 1.807) is 18.2 Å². The van der Waals surface area contributed by atoms with E-state index in [1.165, 1.54) is 30.5 Å². The fourth-order valence-electron chi connectivity index (χ4n) is 1.85. The van der Waals surface area contributed by atoms with E-state index in [9.17, 15) is 9.18 Å². The third kappa shape index (κ3) is 3.97. The molecule has 0 unspecified atom stereocenters. The molecule has 0 fully saturated rings. The van der Waals surface area contributed by atoms with Crippen molar-refractivity contribution < 1.29 is 22.9 Å². The molecule has 0 atom stereocenters. The van der Waals surface area contributed by atoms with Gasteiger partial charge in [-0.1, -0.05) is 5.16 Å². The number of aromatic nitrogens is 1. The average Bonchev–Trinajstić information content (AvgIpc) is 3.23. The molecule has 118 valence electrons. The molecular formula is C16H13FN2O4. The number of hydrogen-bond acceptors (Lipinski definition) is 5. The van der Waals surface area contributed by atoms with Crippen molar-refractivity contribution in [3.05, 3.63) is 60.2 Å². The lowest BCUT2D eigenvalue weighted by atomic mass is 10.3. The maximum Gasteiger partial charge on any atom is 0.258 e. The number of hydrogen-bond donors (Lipinski definition) is 1. The van der Waals surface area contributed by atoms with Gasteiger partial charge < -0.3 is 19.0 Å². The van der Waals surface area contributed by atoms with E-state index in [-0.39, 0.29) is 24.9 Å². The van der Waals surface area contributed by atoms with E-state index >= 15 is 0 Å². The first-order valence-corrected chi connectivity index (χ1v) is 6.85. The summed E-state index contributed by atoms with van der Waals surface area (Å²) >= 11 is 0. The monoisotopic (exact) mass is 316 g/mol. The van der Waals surface area contributed by atoms with Crippen molar-refractivity contribution in [3.63, 3.8) is 0 Å². The van der Waals surface area contributed by atoms with Crippen LogP contribution in [0.2, 0.25) is 0 Å². The predicted octanol–water partition coefficient (Wildman–Crippen LogP) is 2.77. The highest BCUT2D eigenvalue weighted by Gasteiger charge is 2.10. The summed E-state index contributed by atoms with van der Waals surface area (Å²) in [6.45, 7) is 0.0321. The molecule has 2 aromatic heterocycles. The quantitative estimate of drug-likeness (QED) is 0.756. The summed E-state index contributed by atoms with van der Waals surface area (Å²) < 4.78 is 28.3. The van der Waals surface area contributed by atoms with Gasteiger partial charge in [-0.2, -0.15) is 0 Å². The number of benzene rings is 1. The summed E-state index contributed by atoms with van der Waals surface area (Å²) in [5.74, 6) is 0.789. The first-order valence-electron chi connectivity index (χ1n) is 6.85. The van der Waals surface area contributed by atoms with Crippen LogP contribution < -0.4 is 10.1 Å². The summed E-state index contributed by atoms with van der Waals surface area (Å²) in [6, 6.07) is 10.6. The van der Waals surface area contributed by atoms with Gasteiger partial charge in [0.15, 0.2) is 12.4 Å². The molecule has 2 heterocycles. The van der Waals surface area contributed by atoms with E-state index in [1.807, 2.05) is 0 Å². The number of nitrogens with zero attached hydrogens (tertiary/aromatic N) is 1. The maximum atomic E-state index is 12.7. The van der Waals surface area contributed by atoms with Gasteiger partial charge in [0.05, 0.1) is 12.8 Å². The summed E-state index contributed by atoms with van der Waals surface area (Å²) in [5.41, 5.74) is 0.562. The molecule has 1 aromatic carbocycles. The molecular weight excluding hydrogens is 303 g/mol. The van der Waals surface area contributed by atoms with Gasteiger partial charge in [0.1, 0.15) is 17.3 Å². The Hall–Kier alpha value is -3.09. The summed E-state index contributed by atoms with van der Waals surface area (Å²) in [7, 11) is 0. The van der Waals surface area contributed by atoms with Gasteiger partial charge in [-0.25, -0.2) is 4.39 Å². The van der Waals surface area contributed by atoms with Crippen LogP contribution >= 0.6 is 0 Å². The first-order chi connectivity index (χ1) is 11.2. The van der Waals surface area contributed by atoms with Gasteiger partial charge in [0.25, 0.3) is 5.91 Å². The smallest absolute Gasteiger partial charge is 0.258 e. The highest BCUT2D eigenvalue weighted by Crippen LogP contribution is 2.20. The largest absolute Gasteiger partial charge is 0.484 e. The minimum atomic E-state index is -0.361. The Bertz CT molecular complexity index is 766. The second-order valence-corrected chi connectivity index (χ2v) is 4.68. The SMILES string of the molecule is O=C(COc1ccc(F)cc1)NCc1cc(-c2ccco2)on1. The zero-order valence-electron chi connectivity index (χ0n) is 12.0. The number of rotatable bonds is 6. The molecule has 0 saturated carbocycles. The van der Waals surface area contributed by atoms with Crippen molar-refractivity contribution >= 4 is 5.91 Å². The Morgan fingerprint density at radius 3 is 2.78 bits per heavy atom. The maximum absolute atomic E-state index is 12.7. The van der Waals surface area contributed by atoms with Crippen molar-refractivity contribution in [1.82, 2.24) is 10.5 Å². The Labute approximate surface area is 130 Å². The van der Waals surface area contributed by atoms with Crippen LogP contribution in [0.3, 0.4) is 0 Å². The van der Waals surface area contributed by atoms with Gasteiger partial charge in [-0.3, -0.25) is 4.79 Å². The lowest BCUT2D eigenvalue weighted by molar-refractivity contribution is -0.123. The van der Waals surface area contributed by atoms with E-state index in [0.717, 1.165) is 0 Å². The van der Waals surface area contributed by atoms with Crippen LogP contribution in [0, 0.1) is 5.82 Å². The normalized spacial score (nSPS) is 10.5. The molecule has 0 spiro atoms. The Morgan fingerprint density at radius 2 is 2.04 bits per heavy atom. The fraction of sp³-hybridized carbons (Fsp3) is 0.125. The Kier molecular flexibility index (Phi) is 4.37. The van der Waals surface area contributed by atoms with Gasteiger partial charge in [-0.15, -0.1) is 0 Å². The molecule has 7 heteroatoms. The summed E-state index contributed by atoms with van der Waals surface area (Å²) in [5, 5.41) is 6.49. The van der Waals surface area contributed by atoms with Crippen LogP contribution in [0.4, 0.5) is 4.39 Å². The van der Waals surface area contributed by atoms with Crippen LogP contribution in [0.25, 0.3) is 11.5 Å². The van der Waals surface area contributed by atoms with Gasteiger partial charge in [0, 0.05) is 6.07 Å². The van der Waals surface area contributed by atoms with Crippen LogP contribution in [0.1, 0.15) is 5.69 Å².